The molecule has 0 aliphatic carbocycles. The second-order valence-corrected chi connectivity index (χ2v) is 10.9. The highest BCUT2D eigenvalue weighted by atomic mass is 32.2. The van der Waals surface area contributed by atoms with E-state index in [2.05, 4.69) is 0 Å². The van der Waals surface area contributed by atoms with Crippen LogP contribution in [0, 0.1) is 5.82 Å². The fourth-order valence-electron chi connectivity index (χ4n) is 3.18. The number of hydrogen-bond acceptors (Lipinski definition) is 4. The van der Waals surface area contributed by atoms with Crippen molar-refractivity contribution >= 4 is 15.7 Å². The van der Waals surface area contributed by atoms with Crippen molar-refractivity contribution in [2.45, 2.75) is 37.2 Å². The normalized spacial score (nSPS) is 17.6. The number of halogens is 1. The zero-order valence-electron chi connectivity index (χ0n) is 16.2. The second-order valence-electron chi connectivity index (χ2n) is 7.90. The van der Waals surface area contributed by atoms with Crippen LogP contribution in [-0.4, -0.2) is 42.3 Å². The molecule has 0 saturated carbocycles. The van der Waals surface area contributed by atoms with Crippen LogP contribution in [0.15, 0.2) is 48.5 Å². The lowest BCUT2D eigenvalue weighted by Gasteiger charge is -2.24. The van der Waals surface area contributed by atoms with Crippen molar-refractivity contribution in [3.63, 3.8) is 0 Å². The fraction of sp³-hybridized carbons (Fsp3) is 0.381. The van der Waals surface area contributed by atoms with Crippen LogP contribution < -0.4 is 4.74 Å². The largest absolute Gasteiger partial charge is 0.457 e. The minimum atomic E-state index is -3.33. The highest BCUT2D eigenvalue weighted by Gasteiger charge is 2.41. The Morgan fingerprint density at radius 1 is 1.11 bits per heavy atom. The van der Waals surface area contributed by atoms with E-state index in [-0.39, 0.29) is 18.3 Å². The maximum Gasteiger partial charge on any atom is 0.254 e. The minimum absolute atomic E-state index is 0.196. The first-order chi connectivity index (χ1) is 13.1. The smallest absolute Gasteiger partial charge is 0.254 e. The fourth-order valence-corrected chi connectivity index (χ4v) is 4.97. The molecular formula is C21H24FNO4S. The Balaban J connectivity index is 1.72. The Hall–Kier alpha value is -2.41. The van der Waals surface area contributed by atoms with Crippen LogP contribution in [0.3, 0.4) is 0 Å². The zero-order valence-corrected chi connectivity index (χ0v) is 17.0. The van der Waals surface area contributed by atoms with E-state index in [1.807, 2.05) is 0 Å². The summed E-state index contributed by atoms with van der Waals surface area (Å²) in [5.74, 6) is 0.334. The van der Waals surface area contributed by atoms with Crippen LogP contribution in [0.25, 0.3) is 0 Å². The van der Waals surface area contributed by atoms with Gasteiger partial charge in [-0.25, -0.2) is 12.8 Å². The average molecular weight is 405 g/mol. The van der Waals surface area contributed by atoms with Crippen LogP contribution in [0.1, 0.15) is 37.6 Å². The third-order valence-corrected chi connectivity index (χ3v) is 7.82. The highest BCUT2D eigenvalue weighted by molar-refractivity contribution is 7.93. The minimum Gasteiger partial charge on any atom is -0.457 e. The first-order valence-electron chi connectivity index (χ1n) is 9.14. The summed E-state index contributed by atoms with van der Waals surface area (Å²) in [6.07, 6.45) is 0.442. The number of carbonyl (C=O) groups excluding carboxylic acids is 1. The van der Waals surface area contributed by atoms with Crippen molar-refractivity contribution in [1.82, 2.24) is 4.90 Å². The van der Waals surface area contributed by atoms with E-state index in [9.17, 15) is 17.6 Å². The molecule has 0 spiro atoms. The lowest BCUT2D eigenvalue weighted by atomic mass is 10.2. The Bertz CT molecular complexity index is 965. The summed E-state index contributed by atoms with van der Waals surface area (Å²) in [5, 5.41) is -0.546. The number of sulfone groups is 1. The second kappa shape index (κ2) is 7.54. The standard InChI is InChI=1S/C21H24FNO4S/c1-21(2,3)28(25,26)19-11-12-23(14-19)20(24)15-5-4-6-18(13-15)27-17-9-7-16(22)8-10-17/h4-10,13,19H,11-12,14H2,1-3H3/t19-/m1/s1. The summed E-state index contributed by atoms with van der Waals surface area (Å²) in [7, 11) is -3.33. The zero-order chi connectivity index (χ0) is 20.5. The predicted molar refractivity (Wildman–Crippen MR) is 106 cm³/mol. The summed E-state index contributed by atoms with van der Waals surface area (Å²) < 4.78 is 43.1. The Labute approximate surface area is 165 Å². The van der Waals surface area contributed by atoms with E-state index in [0.717, 1.165) is 0 Å². The van der Waals surface area contributed by atoms with Crippen molar-refractivity contribution in [1.29, 1.82) is 0 Å². The molecule has 1 amide bonds. The Morgan fingerprint density at radius 3 is 2.43 bits per heavy atom. The van der Waals surface area contributed by atoms with E-state index in [4.69, 9.17) is 4.74 Å². The molecule has 1 aliphatic rings. The molecule has 0 N–H and O–H groups in total. The summed E-state index contributed by atoms with van der Waals surface area (Å²) in [6, 6.07) is 12.3. The molecule has 150 valence electrons. The van der Waals surface area contributed by atoms with Gasteiger partial charge in [0.15, 0.2) is 9.84 Å². The molecule has 1 atom stereocenters. The quantitative estimate of drug-likeness (QED) is 0.770. The van der Waals surface area contributed by atoms with Gasteiger partial charge in [-0.05, 0) is 69.7 Å². The van der Waals surface area contributed by atoms with Gasteiger partial charge in [0, 0.05) is 18.7 Å². The van der Waals surface area contributed by atoms with E-state index >= 15 is 0 Å². The molecule has 1 fully saturated rings. The Morgan fingerprint density at radius 2 is 1.79 bits per heavy atom. The molecule has 1 saturated heterocycles. The van der Waals surface area contributed by atoms with Crippen LogP contribution in [-0.2, 0) is 9.84 Å². The average Bonchev–Trinajstić information content (AvgIpc) is 3.13. The van der Waals surface area contributed by atoms with Gasteiger partial charge in [0.05, 0.1) is 10.00 Å². The van der Waals surface area contributed by atoms with Crippen LogP contribution in [0.4, 0.5) is 4.39 Å². The topological polar surface area (TPSA) is 63.7 Å². The third kappa shape index (κ3) is 4.19. The summed E-state index contributed by atoms with van der Waals surface area (Å²) in [4.78, 5) is 14.4. The van der Waals surface area contributed by atoms with Gasteiger partial charge in [-0.2, -0.15) is 0 Å². The van der Waals surface area contributed by atoms with Crippen molar-refractivity contribution in [2.75, 3.05) is 13.1 Å². The van der Waals surface area contributed by atoms with Gasteiger partial charge in [0.1, 0.15) is 17.3 Å². The lowest BCUT2D eigenvalue weighted by Crippen LogP contribution is -2.39. The number of nitrogens with zero attached hydrogens (tertiary/aromatic N) is 1. The van der Waals surface area contributed by atoms with Gasteiger partial charge in [0.25, 0.3) is 5.91 Å². The first-order valence-corrected chi connectivity index (χ1v) is 10.7. The number of carbonyl (C=O) groups is 1. The van der Waals surface area contributed by atoms with Gasteiger partial charge < -0.3 is 9.64 Å². The van der Waals surface area contributed by atoms with Crippen molar-refractivity contribution in [3.05, 3.63) is 59.9 Å². The van der Waals surface area contributed by atoms with Crippen molar-refractivity contribution in [3.8, 4) is 11.5 Å². The van der Waals surface area contributed by atoms with Crippen LogP contribution in [0.5, 0.6) is 11.5 Å². The first kappa shape index (κ1) is 20.3. The van der Waals surface area contributed by atoms with E-state index in [1.54, 1.807) is 49.9 Å². The number of amides is 1. The summed E-state index contributed by atoms with van der Waals surface area (Å²) in [6.45, 7) is 5.65. The molecule has 3 rings (SSSR count). The van der Waals surface area contributed by atoms with Crippen LogP contribution in [0.2, 0.25) is 0 Å². The van der Waals surface area contributed by atoms with E-state index < -0.39 is 19.8 Å². The maximum absolute atomic E-state index is 13.0. The summed E-state index contributed by atoms with van der Waals surface area (Å²) >= 11 is 0. The molecule has 5 nitrogen and oxygen atoms in total. The Kier molecular flexibility index (Phi) is 5.48. The molecule has 2 aromatic carbocycles. The molecular weight excluding hydrogens is 381 g/mol. The molecule has 1 heterocycles. The van der Waals surface area contributed by atoms with Crippen molar-refractivity contribution < 1.29 is 22.3 Å². The van der Waals surface area contributed by atoms with Gasteiger partial charge in [0.2, 0.25) is 0 Å². The highest BCUT2D eigenvalue weighted by Crippen LogP contribution is 2.29. The van der Waals surface area contributed by atoms with E-state index in [1.165, 1.54) is 24.3 Å². The number of likely N-dealkylation sites (tertiary alicyclic amines) is 1. The summed E-state index contributed by atoms with van der Waals surface area (Å²) in [5.41, 5.74) is 0.424. The van der Waals surface area contributed by atoms with Gasteiger partial charge in [-0.15, -0.1) is 0 Å². The molecule has 7 heteroatoms. The molecule has 1 aliphatic heterocycles. The van der Waals surface area contributed by atoms with Gasteiger partial charge in [-0.3, -0.25) is 4.79 Å². The van der Waals surface area contributed by atoms with E-state index in [0.29, 0.717) is 30.0 Å². The molecule has 0 unspecified atom stereocenters. The lowest BCUT2D eigenvalue weighted by molar-refractivity contribution is 0.0792. The number of rotatable bonds is 4. The number of ether oxygens (including phenoxy) is 1. The number of benzene rings is 2. The molecule has 2 aromatic rings. The monoisotopic (exact) mass is 405 g/mol. The SMILES string of the molecule is CC(C)(C)S(=O)(=O)[C@@H]1CCN(C(=O)c2cccc(Oc3ccc(F)cc3)c2)C1. The van der Waals surface area contributed by atoms with Gasteiger partial charge >= 0.3 is 0 Å². The molecule has 0 bridgehead atoms. The predicted octanol–water partition coefficient (Wildman–Crippen LogP) is 4.05. The number of hydrogen-bond donors (Lipinski definition) is 0. The molecule has 28 heavy (non-hydrogen) atoms. The maximum atomic E-state index is 13.0. The van der Waals surface area contributed by atoms with Crippen molar-refractivity contribution in [2.24, 2.45) is 0 Å². The molecule has 0 radical (unpaired) electrons. The van der Waals surface area contributed by atoms with Gasteiger partial charge in [-0.1, -0.05) is 6.07 Å². The third-order valence-electron chi connectivity index (χ3n) is 4.85. The molecule has 0 aromatic heterocycles. The van der Waals surface area contributed by atoms with Crippen LogP contribution >= 0.6 is 0 Å².